The molecule has 0 spiro atoms. The van der Waals surface area contributed by atoms with Crippen LogP contribution in [0.15, 0.2) is 36.7 Å². The average Bonchev–Trinajstić information content (AvgIpc) is 3.08. The van der Waals surface area contributed by atoms with Crippen molar-refractivity contribution in [1.29, 1.82) is 5.26 Å². The van der Waals surface area contributed by atoms with Gasteiger partial charge < -0.3 is 15.5 Å². The number of benzene rings is 1. The van der Waals surface area contributed by atoms with E-state index in [-0.39, 0.29) is 5.75 Å². The van der Waals surface area contributed by atoms with Gasteiger partial charge in [-0.2, -0.15) is 10.4 Å². The van der Waals surface area contributed by atoms with E-state index in [0.29, 0.717) is 36.8 Å². The Balaban J connectivity index is 2.05. The highest BCUT2D eigenvalue weighted by Gasteiger charge is 2.16. The number of aromatic nitrogens is 4. The summed E-state index contributed by atoms with van der Waals surface area (Å²) in [7, 11) is 0. The van der Waals surface area contributed by atoms with Crippen LogP contribution in [-0.2, 0) is 6.54 Å². The Labute approximate surface area is 163 Å². The highest BCUT2D eigenvalue weighted by molar-refractivity contribution is 5.79. The van der Waals surface area contributed by atoms with Crippen LogP contribution in [0.3, 0.4) is 0 Å². The van der Waals surface area contributed by atoms with Crippen molar-refractivity contribution in [2.24, 2.45) is 0 Å². The topological polar surface area (TPSA) is 120 Å². The molecule has 0 fully saturated rings. The lowest BCUT2D eigenvalue weighted by molar-refractivity contribution is 0.208. The Morgan fingerprint density at radius 2 is 2.14 bits per heavy atom. The highest BCUT2D eigenvalue weighted by Crippen LogP contribution is 2.32. The first-order valence-corrected chi connectivity index (χ1v) is 8.97. The third-order valence-electron chi connectivity index (χ3n) is 4.04. The summed E-state index contributed by atoms with van der Waals surface area (Å²) < 4.78 is 1.71. The van der Waals surface area contributed by atoms with Gasteiger partial charge >= 0.3 is 0 Å². The molecular weight excluding hydrogens is 356 g/mol. The van der Waals surface area contributed by atoms with Crippen LogP contribution in [-0.4, -0.2) is 42.6 Å². The van der Waals surface area contributed by atoms with Crippen LogP contribution in [0, 0.1) is 18.3 Å². The summed E-state index contributed by atoms with van der Waals surface area (Å²) in [4.78, 5) is 8.71. The standard InChI is InChI=1S/C20H22N6O2/c1-13-8-15(10-16(28)9-13)19-17(12-26(25-19)7-3-5-21)18-4-6-22-20(24-18)23-11-14(2)27/h4,6,8-10,12,14,27-28H,3,7,11H2,1-2H3,(H,22,23,24). The quantitative estimate of drug-likeness (QED) is 0.578. The third kappa shape index (κ3) is 4.64. The summed E-state index contributed by atoms with van der Waals surface area (Å²) in [5, 5.41) is 35.9. The fourth-order valence-electron chi connectivity index (χ4n) is 2.83. The van der Waals surface area contributed by atoms with E-state index < -0.39 is 6.10 Å². The summed E-state index contributed by atoms with van der Waals surface area (Å²) in [5.41, 5.74) is 3.76. The maximum Gasteiger partial charge on any atom is 0.223 e. The minimum atomic E-state index is -0.521. The molecule has 3 N–H and O–H groups in total. The van der Waals surface area contributed by atoms with Crippen LogP contribution in [0.1, 0.15) is 18.9 Å². The first-order valence-electron chi connectivity index (χ1n) is 8.97. The molecule has 8 nitrogen and oxygen atoms in total. The number of aliphatic hydroxyl groups is 1. The molecule has 0 aliphatic heterocycles. The minimum absolute atomic E-state index is 0.162. The number of anilines is 1. The van der Waals surface area contributed by atoms with Crippen molar-refractivity contribution < 1.29 is 10.2 Å². The number of rotatable bonds is 7. The predicted octanol–water partition coefficient (Wildman–Crippen LogP) is 2.73. The lowest BCUT2D eigenvalue weighted by Crippen LogP contribution is -2.16. The van der Waals surface area contributed by atoms with Crippen molar-refractivity contribution in [2.75, 3.05) is 11.9 Å². The number of phenols is 1. The second kappa shape index (κ2) is 8.50. The van der Waals surface area contributed by atoms with E-state index in [1.807, 2.05) is 19.2 Å². The van der Waals surface area contributed by atoms with E-state index in [4.69, 9.17) is 5.26 Å². The molecule has 0 aliphatic carbocycles. The summed E-state index contributed by atoms with van der Waals surface area (Å²) >= 11 is 0. The Morgan fingerprint density at radius 1 is 1.32 bits per heavy atom. The van der Waals surface area contributed by atoms with Crippen molar-refractivity contribution >= 4 is 5.95 Å². The largest absolute Gasteiger partial charge is 0.508 e. The summed E-state index contributed by atoms with van der Waals surface area (Å²) in [5.74, 6) is 0.565. The predicted molar refractivity (Wildman–Crippen MR) is 105 cm³/mol. The smallest absolute Gasteiger partial charge is 0.223 e. The van der Waals surface area contributed by atoms with Crippen molar-refractivity contribution in [2.45, 2.75) is 32.9 Å². The van der Waals surface area contributed by atoms with E-state index in [1.54, 1.807) is 36.0 Å². The van der Waals surface area contributed by atoms with Crippen LogP contribution < -0.4 is 5.32 Å². The molecule has 0 bridgehead atoms. The van der Waals surface area contributed by atoms with Crippen molar-refractivity contribution in [3.8, 4) is 34.3 Å². The molecule has 0 radical (unpaired) electrons. The zero-order chi connectivity index (χ0) is 20.1. The molecule has 3 aromatic rings. The minimum Gasteiger partial charge on any atom is -0.508 e. The zero-order valence-corrected chi connectivity index (χ0v) is 15.8. The molecule has 0 saturated carbocycles. The Bertz CT molecular complexity index is 986. The number of phenolic OH excluding ortho intramolecular Hbond substituents is 1. The summed E-state index contributed by atoms with van der Waals surface area (Å²) in [6, 6.07) is 9.17. The van der Waals surface area contributed by atoms with Crippen LogP contribution in [0.2, 0.25) is 0 Å². The van der Waals surface area contributed by atoms with Gasteiger partial charge in [0.05, 0.1) is 30.8 Å². The SMILES string of the molecule is Cc1cc(O)cc(-c2nn(CCC#N)cc2-c2ccnc(NCC(C)O)n2)c1. The van der Waals surface area contributed by atoms with Crippen LogP contribution in [0.4, 0.5) is 5.95 Å². The molecule has 0 amide bonds. The number of nitrogens with one attached hydrogen (secondary N) is 1. The fourth-order valence-corrected chi connectivity index (χ4v) is 2.83. The van der Waals surface area contributed by atoms with Gasteiger partial charge in [-0.1, -0.05) is 0 Å². The number of aromatic hydroxyl groups is 1. The van der Waals surface area contributed by atoms with E-state index >= 15 is 0 Å². The molecule has 8 heteroatoms. The van der Waals surface area contributed by atoms with Crippen LogP contribution in [0.5, 0.6) is 5.75 Å². The number of aryl methyl sites for hydroxylation is 2. The zero-order valence-electron chi connectivity index (χ0n) is 15.8. The Hall–Kier alpha value is -3.44. The lowest BCUT2D eigenvalue weighted by Gasteiger charge is -2.08. The van der Waals surface area contributed by atoms with Crippen LogP contribution in [0.25, 0.3) is 22.5 Å². The third-order valence-corrected chi connectivity index (χ3v) is 4.04. The van der Waals surface area contributed by atoms with Gasteiger partial charge in [0.1, 0.15) is 11.4 Å². The van der Waals surface area contributed by atoms with E-state index in [0.717, 1.165) is 16.7 Å². The van der Waals surface area contributed by atoms with Gasteiger partial charge in [0.15, 0.2) is 0 Å². The van der Waals surface area contributed by atoms with Gasteiger partial charge in [-0.05, 0) is 43.7 Å². The number of hydrogen-bond acceptors (Lipinski definition) is 7. The molecule has 144 valence electrons. The normalized spacial score (nSPS) is 11.8. The molecule has 2 heterocycles. The first-order chi connectivity index (χ1) is 13.5. The van der Waals surface area contributed by atoms with Gasteiger partial charge in [-0.25, -0.2) is 9.97 Å². The van der Waals surface area contributed by atoms with Crippen molar-refractivity contribution in [3.05, 3.63) is 42.2 Å². The molecule has 3 rings (SSSR count). The number of nitriles is 1. The number of hydrogen-bond donors (Lipinski definition) is 3. The Morgan fingerprint density at radius 3 is 2.86 bits per heavy atom. The second-order valence-corrected chi connectivity index (χ2v) is 6.62. The number of aliphatic hydroxyl groups excluding tert-OH is 1. The monoisotopic (exact) mass is 378 g/mol. The second-order valence-electron chi connectivity index (χ2n) is 6.62. The summed E-state index contributed by atoms with van der Waals surface area (Å²) in [6.45, 7) is 4.37. The van der Waals surface area contributed by atoms with Gasteiger partial charge in [-0.3, -0.25) is 4.68 Å². The maximum atomic E-state index is 9.99. The van der Waals surface area contributed by atoms with E-state index in [2.05, 4.69) is 26.5 Å². The molecule has 1 unspecified atom stereocenters. The molecule has 0 aliphatic rings. The van der Waals surface area contributed by atoms with E-state index in [1.165, 1.54) is 0 Å². The first kappa shape index (κ1) is 19.3. The Kier molecular flexibility index (Phi) is 5.87. The van der Waals surface area contributed by atoms with Gasteiger partial charge in [0.25, 0.3) is 0 Å². The molecule has 0 saturated heterocycles. The maximum absolute atomic E-state index is 9.99. The van der Waals surface area contributed by atoms with E-state index in [9.17, 15) is 10.2 Å². The molecule has 1 atom stereocenters. The van der Waals surface area contributed by atoms with Crippen molar-refractivity contribution in [1.82, 2.24) is 19.7 Å². The fraction of sp³-hybridized carbons (Fsp3) is 0.300. The highest BCUT2D eigenvalue weighted by atomic mass is 16.3. The van der Waals surface area contributed by atoms with Gasteiger partial charge in [0, 0.05) is 30.1 Å². The molecular formula is C20H22N6O2. The average molecular weight is 378 g/mol. The van der Waals surface area contributed by atoms with Gasteiger partial charge in [-0.15, -0.1) is 0 Å². The lowest BCUT2D eigenvalue weighted by atomic mass is 10.0. The van der Waals surface area contributed by atoms with Crippen LogP contribution >= 0.6 is 0 Å². The molecule has 1 aromatic carbocycles. The molecule has 28 heavy (non-hydrogen) atoms. The summed E-state index contributed by atoms with van der Waals surface area (Å²) in [6.07, 6.45) is 3.29. The molecule has 2 aromatic heterocycles. The number of nitrogens with zero attached hydrogens (tertiary/aromatic N) is 5. The van der Waals surface area contributed by atoms with Gasteiger partial charge in [0.2, 0.25) is 5.95 Å². The van der Waals surface area contributed by atoms with Crippen molar-refractivity contribution in [3.63, 3.8) is 0 Å².